The van der Waals surface area contributed by atoms with Crippen molar-refractivity contribution in [2.75, 3.05) is 0 Å². The number of urea groups is 1. The van der Waals surface area contributed by atoms with Crippen LogP contribution in [-0.4, -0.2) is 30.5 Å². The summed E-state index contributed by atoms with van der Waals surface area (Å²) in [5, 5.41) is 5.35. The lowest BCUT2D eigenvalue weighted by Crippen LogP contribution is -2.54. The third kappa shape index (κ3) is 7.47. The Kier molecular flexibility index (Phi) is 8.79. The van der Waals surface area contributed by atoms with Gasteiger partial charge < -0.3 is 15.4 Å². The van der Waals surface area contributed by atoms with Crippen LogP contribution in [-0.2, 0) is 12.0 Å². The van der Waals surface area contributed by atoms with Crippen molar-refractivity contribution in [2.45, 2.75) is 62.1 Å². The van der Waals surface area contributed by atoms with Crippen molar-refractivity contribution in [2.24, 2.45) is 0 Å². The summed E-state index contributed by atoms with van der Waals surface area (Å²) < 4.78 is 113. The maximum Gasteiger partial charge on any atom is 0.461 e. The van der Waals surface area contributed by atoms with E-state index in [2.05, 4.69) is 15.4 Å². The first-order valence-electron chi connectivity index (χ1n) is 12.7. The minimum atomic E-state index is -4.95. The largest absolute Gasteiger partial charge is 0.461 e. The van der Waals surface area contributed by atoms with Gasteiger partial charge in [-0.25, -0.2) is 22.4 Å². The lowest BCUT2D eigenvalue weighted by atomic mass is 9.77. The van der Waals surface area contributed by atoms with Gasteiger partial charge in [-0.15, -0.1) is 0 Å². The lowest BCUT2D eigenvalue weighted by molar-refractivity contribution is -0.253. The summed E-state index contributed by atoms with van der Waals surface area (Å²) in [5.41, 5.74) is -1.22. The predicted octanol–water partition coefficient (Wildman–Crippen LogP) is 7.56. The Morgan fingerprint density at radius 2 is 1.54 bits per heavy atom. The number of ether oxygens (including phenoxy) is 1. The third-order valence-corrected chi connectivity index (χ3v) is 6.90. The lowest BCUT2D eigenvalue weighted by Gasteiger charge is -2.38. The molecule has 1 atom stereocenters. The van der Waals surface area contributed by atoms with Gasteiger partial charge >= 0.3 is 18.6 Å². The molecular weight excluding hydrogens is 560 g/mol. The zero-order valence-corrected chi connectivity index (χ0v) is 21.5. The number of nitrogens with one attached hydrogen (secondary N) is 2. The topological polar surface area (TPSA) is 50.4 Å². The molecule has 0 saturated heterocycles. The molecule has 220 valence electrons. The molecule has 1 fully saturated rings. The maximum absolute atomic E-state index is 14.9. The van der Waals surface area contributed by atoms with E-state index >= 15 is 0 Å². The number of carbonyl (C=O) groups excluding carboxylic acids is 1. The normalized spacial score (nSPS) is 17.1. The van der Waals surface area contributed by atoms with Crippen molar-refractivity contribution in [3.63, 3.8) is 0 Å². The maximum atomic E-state index is 14.9. The fraction of sp³-hybridized carbons (Fsp3) is 0.345. The average molecular weight is 587 g/mol. The molecule has 2 N–H and O–H groups in total. The number of amides is 2. The van der Waals surface area contributed by atoms with E-state index in [1.165, 1.54) is 12.1 Å². The molecule has 2 amide bonds. The van der Waals surface area contributed by atoms with E-state index in [4.69, 9.17) is 0 Å². The van der Waals surface area contributed by atoms with E-state index in [1.807, 2.05) is 0 Å². The van der Waals surface area contributed by atoms with Gasteiger partial charge in [0.1, 0.15) is 17.4 Å². The highest BCUT2D eigenvalue weighted by molar-refractivity contribution is 5.76. The quantitative estimate of drug-likeness (QED) is 0.254. The smallest absolute Gasteiger partial charge is 0.428 e. The predicted molar refractivity (Wildman–Crippen MR) is 134 cm³/mol. The molecule has 12 heteroatoms. The van der Waals surface area contributed by atoms with Crippen LogP contribution in [0.2, 0.25) is 0 Å². The van der Waals surface area contributed by atoms with E-state index in [0.717, 1.165) is 24.3 Å². The van der Waals surface area contributed by atoms with Crippen LogP contribution in [0.5, 0.6) is 5.75 Å². The highest BCUT2D eigenvalue weighted by Gasteiger charge is 2.45. The van der Waals surface area contributed by atoms with Crippen LogP contribution < -0.4 is 15.4 Å². The molecular formula is C29H26F8N2O2. The zero-order chi connectivity index (χ0) is 29.8. The second-order valence-corrected chi connectivity index (χ2v) is 9.94. The molecule has 4 nitrogen and oxygen atoms in total. The molecule has 0 radical (unpaired) electrons. The van der Waals surface area contributed by atoms with Crippen molar-refractivity contribution >= 4 is 6.03 Å². The van der Waals surface area contributed by atoms with E-state index in [1.54, 1.807) is 30.3 Å². The van der Waals surface area contributed by atoms with Crippen LogP contribution in [0, 0.1) is 11.6 Å². The summed E-state index contributed by atoms with van der Waals surface area (Å²) in [6.45, 7) is 0. The fourth-order valence-corrected chi connectivity index (χ4v) is 4.87. The number of alkyl halides is 6. The van der Waals surface area contributed by atoms with Crippen LogP contribution in [0.1, 0.15) is 42.4 Å². The standard InChI is InChI=1S/C29H26F8N2O2/c30-21-8-6-19(7-9-21)28(17-18-4-2-1-3-5-18,39-26(40)38-23-10-12-27(34,35)13-11-23)20-14-22(31)16-24(15-20)41-29(36,37)25(32)33/h1-9,14-16,23,25H,10-13,17H2,(H2,38,39,40)/t28-/m1/s1. The Hall–Kier alpha value is -3.83. The second-order valence-electron chi connectivity index (χ2n) is 9.94. The summed E-state index contributed by atoms with van der Waals surface area (Å²) in [4.78, 5) is 13.4. The molecule has 0 unspecified atom stereocenters. The van der Waals surface area contributed by atoms with Crippen molar-refractivity contribution in [3.8, 4) is 5.75 Å². The molecule has 4 rings (SSSR count). The molecule has 41 heavy (non-hydrogen) atoms. The second kappa shape index (κ2) is 12.0. The first-order chi connectivity index (χ1) is 19.3. The molecule has 1 saturated carbocycles. The summed E-state index contributed by atoms with van der Waals surface area (Å²) in [5.74, 6) is -5.58. The average Bonchev–Trinajstić information content (AvgIpc) is 2.90. The molecule has 0 heterocycles. The van der Waals surface area contributed by atoms with E-state index in [-0.39, 0.29) is 30.4 Å². The monoisotopic (exact) mass is 586 g/mol. The van der Waals surface area contributed by atoms with Crippen molar-refractivity contribution in [3.05, 3.63) is 101 Å². The van der Waals surface area contributed by atoms with Gasteiger partial charge in [-0.3, -0.25) is 0 Å². The molecule has 0 spiro atoms. The van der Waals surface area contributed by atoms with Gasteiger partial charge in [0, 0.05) is 31.4 Å². The number of hydrogen-bond donors (Lipinski definition) is 2. The minimum Gasteiger partial charge on any atom is -0.428 e. The van der Waals surface area contributed by atoms with Crippen LogP contribution in [0.15, 0.2) is 72.8 Å². The molecule has 0 aliphatic heterocycles. The highest BCUT2D eigenvalue weighted by Crippen LogP contribution is 2.38. The molecule has 1 aliphatic carbocycles. The Balaban J connectivity index is 1.81. The van der Waals surface area contributed by atoms with Crippen LogP contribution in [0.4, 0.5) is 39.9 Å². The Morgan fingerprint density at radius 3 is 2.15 bits per heavy atom. The van der Waals surface area contributed by atoms with E-state index in [0.29, 0.717) is 11.6 Å². The third-order valence-electron chi connectivity index (χ3n) is 6.90. The molecule has 0 bridgehead atoms. The number of hydrogen-bond acceptors (Lipinski definition) is 2. The van der Waals surface area contributed by atoms with Crippen molar-refractivity contribution < 1.29 is 44.7 Å². The van der Waals surface area contributed by atoms with Gasteiger partial charge in [0.25, 0.3) is 0 Å². The summed E-state index contributed by atoms with van der Waals surface area (Å²) in [7, 11) is 0. The Labute approximate surface area is 230 Å². The van der Waals surface area contributed by atoms with Gasteiger partial charge in [0.2, 0.25) is 5.92 Å². The highest BCUT2D eigenvalue weighted by atomic mass is 19.3. The summed E-state index contributed by atoms with van der Waals surface area (Å²) in [6.07, 6.45) is -10.2. The van der Waals surface area contributed by atoms with Gasteiger partial charge in [0.15, 0.2) is 0 Å². The van der Waals surface area contributed by atoms with Gasteiger partial charge in [-0.2, -0.15) is 17.6 Å². The van der Waals surface area contributed by atoms with E-state index < -0.39 is 66.3 Å². The van der Waals surface area contributed by atoms with Crippen LogP contribution >= 0.6 is 0 Å². The fourth-order valence-electron chi connectivity index (χ4n) is 4.87. The Morgan fingerprint density at radius 1 is 0.902 bits per heavy atom. The number of halogens is 8. The van der Waals surface area contributed by atoms with Gasteiger partial charge in [-0.05, 0) is 53.8 Å². The van der Waals surface area contributed by atoms with E-state index in [9.17, 15) is 39.9 Å². The first-order valence-corrected chi connectivity index (χ1v) is 12.7. The Bertz CT molecular complexity index is 1330. The molecule has 3 aromatic rings. The SMILES string of the molecule is O=C(NC1CCC(F)(F)CC1)N[C@](Cc1ccccc1)(c1ccc(F)cc1)c1cc(F)cc(OC(F)(F)C(F)F)c1. The van der Waals surface area contributed by atoms with Crippen molar-refractivity contribution in [1.82, 2.24) is 10.6 Å². The number of carbonyl (C=O) groups is 1. The summed E-state index contributed by atoms with van der Waals surface area (Å²) >= 11 is 0. The van der Waals surface area contributed by atoms with Gasteiger partial charge in [-0.1, -0.05) is 42.5 Å². The zero-order valence-electron chi connectivity index (χ0n) is 21.5. The van der Waals surface area contributed by atoms with Crippen molar-refractivity contribution in [1.29, 1.82) is 0 Å². The first kappa shape index (κ1) is 30.1. The molecule has 1 aliphatic rings. The van der Waals surface area contributed by atoms with Gasteiger partial charge in [0.05, 0.1) is 5.54 Å². The molecule has 0 aromatic heterocycles. The number of benzene rings is 3. The van der Waals surface area contributed by atoms with Crippen LogP contribution in [0.25, 0.3) is 0 Å². The minimum absolute atomic E-state index is 0.0106. The molecule has 3 aromatic carbocycles. The number of rotatable bonds is 9. The summed E-state index contributed by atoms with van der Waals surface area (Å²) in [6, 6.07) is 13.9. The van der Waals surface area contributed by atoms with Crippen LogP contribution in [0.3, 0.4) is 0 Å².